The first-order chi connectivity index (χ1) is 8.76. The second-order valence-electron chi connectivity index (χ2n) is 4.07. The average Bonchev–Trinajstić information content (AvgIpc) is 2.40. The van der Waals surface area contributed by atoms with E-state index in [0.717, 1.165) is 12.1 Å². The van der Waals surface area contributed by atoms with Crippen molar-refractivity contribution in [1.29, 1.82) is 0 Å². The molecule has 0 aliphatic heterocycles. The van der Waals surface area contributed by atoms with Crippen molar-refractivity contribution < 1.29 is 9.53 Å². The lowest BCUT2D eigenvalue weighted by Gasteiger charge is -2.07. The SMILES string of the molecule is CCc1ccc(NCCC(=O)NCCOC)cc1. The van der Waals surface area contributed by atoms with E-state index < -0.39 is 0 Å². The van der Waals surface area contributed by atoms with E-state index in [4.69, 9.17) is 4.74 Å². The van der Waals surface area contributed by atoms with Crippen LogP contribution in [0.15, 0.2) is 24.3 Å². The number of carbonyl (C=O) groups is 1. The molecule has 1 rings (SSSR count). The van der Waals surface area contributed by atoms with Gasteiger partial charge >= 0.3 is 0 Å². The minimum atomic E-state index is 0.0460. The number of rotatable bonds is 8. The maximum atomic E-state index is 11.4. The molecular weight excluding hydrogens is 228 g/mol. The molecule has 1 aromatic carbocycles. The summed E-state index contributed by atoms with van der Waals surface area (Å²) in [5.74, 6) is 0.0460. The molecule has 0 spiro atoms. The molecule has 0 saturated carbocycles. The third kappa shape index (κ3) is 5.68. The van der Waals surface area contributed by atoms with Crippen molar-refractivity contribution in [3.8, 4) is 0 Å². The summed E-state index contributed by atoms with van der Waals surface area (Å²) in [6.45, 7) is 3.90. The zero-order chi connectivity index (χ0) is 13.2. The molecule has 4 nitrogen and oxygen atoms in total. The molecule has 0 atom stereocenters. The van der Waals surface area contributed by atoms with Crippen LogP contribution in [0.5, 0.6) is 0 Å². The van der Waals surface area contributed by atoms with E-state index in [1.54, 1.807) is 7.11 Å². The summed E-state index contributed by atoms with van der Waals surface area (Å²) in [6.07, 6.45) is 1.52. The lowest BCUT2D eigenvalue weighted by Crippen LogP contribution is -2.28. The molecule has 1 amide bonds. The lowest BCUT2D eigenvalue weighted by molar-refractivity contribution is -0.121. The molecule has 0 heterocycles. The van der Waals surface area contributed by atoms with Crippen LogP contribution in [0.4, 0.5) is 5.69 Å². The summed E-state index contributed by atoms with van der Waals surface area (Å²) in [6, 6.07) is 8.28. The third-order valence-electron chi connectivity index (χ3n) is 2.67. The average molecular weight is 250 g/mol. The number of aryl methyl sites for hydroxylation is 1. The summed E-state index contributed by atoms with van der Waals surface area (Å²) in [7, 11) is 1.62. The zero-order valence-electron chi connectivity index (χ0n) is 11.2. The van der Waals surface area contributed by atoms with Crippen molar-refractivity contribution in [2.24, 2.45) is 0 Å². The van der Waals surface area contributed by atoms with Crippen LogP contribution in [-0.4, -0.2) is 32.7 Å². The first-order valence-corrected chi connectivity index (χ1v) is 6.34. The number of amides is 1. The van der Waals surface area contributed by atoms with Crippen LogP contribution in [0.25, 0.3) is 0 Å². The van der Waals surface area contributed by atoms with E-state index >= 15 is 0 Å². The molecule has 0 unspecified atom stereocenters. The van der Waals surface area contributed by atoms with E-state index in [0.29, 0.717) is 26.1 Å². The van der Waals surface area contributed by atoms with Gasteiger partial charge in [-0.15, -0.1) is 0 Å². The fourth-order valence-electron chi connectivity index (χ4n) is 1.56. The van der Waals surface area contributed by atoms with Crippen molar-refractivity contribution in [3.63, 3.8) is 0 Å². The molecule has 1 aromatic rings. The third-order valence-corrected chi connectivity index (χ3v) is 2.67. The van der Waals surface area contributed by atoms with Gasteiger partial charge in [0.1, 0.15) is 0 Å². The second-order valence-corrected chi connectivity index (χ2v) is 4.07. The fraction of sp³-hybridized carbons (Fsp3) is 0.500. The maximum Gasteiger partial charge on any atom is 0.221 e. The van der Waals surface area contributed by atoms with Crippen molar-refractivity contribution in [2.45, 2.75) is 19.8 Å². The molecule has 0 bridgehead atoms. The summed E-state index contributed by atoms with van der Waals surface area (Å²) < 4.78 is 4.86. The van der Waals surface area contributed by atoms with Gasteiger partial charge in [0.2, 0.25) is 5.91 Å². The highest BCUT2D eigenvalue weighted by Gasteiger charge is 2.00. The summed E-state index contributed by atoms with van der Waals surface area (Å²) in [4.78, 5) is 11.4. The molecule has 4 heteroatoms. The van der Waals surface area contributed by atoms with Crippen LogP contribution in [0.2, 0.25) is 0 Å². The van der Waals surface area contributed by atoms with Crippen LogP contribution in [0.3, 0.4) is 0 Å². The minimum Gasteiger partial charge on any atom is -0.385 e. The Morgan fingerprint density at radius 2 is 1.94 bits per heavy atom. The van der Waals surface area contributed by atoms with Crippen molar-refractivity contribution in [3.05, 3.63) is 29.8 Å². The minimum absolute atomic E-state index is 0.0460. The Morgan fingerprint density at radius 3 is 2.56 bits per heavy atom. The molecule has 0 aliphatic rings. The van der Waals surface area contributed by atoms with E-state index in [1.165, 1.54) is 5.56 Å². The van der Waals surface area contributed by atoms with Crippen molar-refractivity contribution >= 4 is 11.6 Å². The van der Waals surface area contributed by atoms with Gasteiger partial charge in [0, 0.05) is 32.3 Å². The molecule has 18 heavy (non-hydrogen) atoms. The topological polar surface area (TPSA) is 50.4 Å². The van der Waals surface area contributed by atoms with Gasteiger partial charge in [-0.2, -0.15) is 0 Å². The van der Waals surface area contributed by atoms with E-state index in [1.807, 2.05) is 12.1 Å². The number of benzene rings is 1. The Balaban J connectivity index is 2.18. The van der Waals surface area contributed by atoms with Gasteiger partial charge in [0.25, 0.3) is 0 Å². The smallest absolute Gasteiger partial charge is 0.221 e. The molecule has 0 radical (unpaired) electrons. The quantitative estimate of drug-likeness (QED) is 0.692. The van der Waals surface area contributed by atoms with Crippen LogP contribution in [-0.2, 0) is 16.0 Å². The predicted octanol–water partition coefficient (Wildman–Crippen LogP) is 1.81. The second kappa shape index (κ2) is 8.53. The van der Waals surface area contributed by atoms with Crippen molar-refractivity contribution in [2.75, 3.05) is 32.1 Å². The molecular formula is C14H22N2O2. The molecule has 0 aromatic heterocycles. The van der Waals surface area contributed by atoms with Gasteiger partial charge in [-0.1, -0.05) is 19.1 Å². The first-order valence-electron chi connectivity index (χ1n) is 6.34. The highest BCUT2D eigenvalue weighted by molar-refractivity contribution is 5.76. The highest BCUT2D eigenvalue weighted by Crippen LogP contribution is 2.09. The number of ether oxygens (including phenoxy) is 1. The number of carbonyl (C=O) groups excluding carboxylic acids is 1. The molecule has 0 fully saturated rings. The summed E-state index contributed by atoms with van der Waals surface area (Å²) in [5, 5.41) is 6.01. The van der Waals surface area contributed by atoms with Crippen LogP contribution in [0.1, 0.15) is 18.9 Å². The Kier molecular flexibility index (Phi) is 6.87. The Labute approximate surface area is 109 Å². The standard InChI is InChI=1S/C14H22N2O2/c1-3-12-4-6-13(7-5-12)15-9-8-14(17)16-10-11-18-2/h4-7,15H,3,8-11H2,1-2H3,(H,16,17). The maximum absolute atomic E-state index is 11.4. The van der Waals surface area contributed by atoms with Gasteiger partial charge < -0.3 is 15.4 Å². The number of anilines is 1. The molecule has 2 N–H and O–H groups in total. The Bertz CT molecular complexity index is 349. The summed E-state index contributed by atoms with van der Waals surface area (Å²) >= 11 is 0. The van der Waals surface area contributed by atoms with E-state index in [9.17, 15) is 4.79 Å². The van der Waals surface area contributed by atoms with Gasteiger partial charge in [-0.05, 0) is 24.1 Å². The van der Waals surface area contributed by atoms with Crippen LogP contribution < -0.4 is 10.6 Å². The molecule has 0 saturated heterocycles. The Hall–Kier alpha value is -1.55. The number of hydrogen-bond donors (Lipinski definition) is 2. The number of hydrogen-bond acceptors (Lipinski definition) is 3. The van der Waals surface area contributed by atoms with Crippen LogP contribution >= 0.6 is 0 Å². The monoisotopic (exact) mass is 250 g/mol. The zero-order valence-corrected chi connectivity index (χ0v) is 11.2. The van der Waals surface area contributed by atoms with E-state index in [-0.39, 0.29) is 5.91 Å². The van der Waals surface area contributed by atoms with Gasteiger partial charge in [-0.25, -0.2) is 0 Å². The molecule has 0 aliphatic carbocycles. The van der Waals surface area contributed by atoms with Gasteiger partial charge in [0.05, 0.1) is 6.61 Å². The highest BCUT2D eigenvalue weighted by atomic mass is 16.5. The van der Waals surface area contributed by atoms with E-state index in [2.05, 4.69) is 29.7 Å². The predicted molar refractivity (Wildman–Crippen MR) is 73.8 cm³/mol. The number of methoxy groups -OCH3 is 1. The summed E-state index contributed by atoms with van der Waals surface area (Å²) in [5.41, 5.74) is 2.37. The fourth-order valence-corrected chi connectivity index (χ4v) is 1.56. The Morgan fingerprint density at radius 1 is 1.22 bits per heavy atom. The van der Waals surface area contributed by atoms with Crippen molar-refractivity contribution in [1.82, 2.24) is 5.32 Å². The largest absolute Gasteiger partial charge is 0.385 e. The molecule has 100 valence electrons. The van der Waals surface area contributed by atoms with Crippen LogP contribution in [0, 0.1) is 0 Å². The van der Waals surface area contributed by atoms with Gasteiger partial charge in [0.15, 0.2) is 0 Å². The number of nitrogens with one attached hydrogen (secondary N) is 2. The lowest BCUT2D eigenvalue weighted by atomic mass is 10.1. The first kappa shape index (κ1) is 14.5. The normalized spacial score (nSPS) is 10.1. The van der Waals surface area contributed by atoms with Gasteiger partial charge in [-0.3, -0.25) is 4.79 Å².